The minimum Gasteiger partial charge on any atom is -0.454 e. The van der Waals surface area contributed by atoms with E-state index in [1.165, 1.54) is 0 Å². The third-order valence-corrected chi connectivity index (χ3v) is 3.03. The third kappa shape index (κ3) is 3.44. The first-order valence-electron chi connectivity index (χ1n) is 4.66. The van der Waals surface area contributed by atoms with Gasteiger partial charge in [0.25, 0.3) is 0 Å². The summed E-state index contributed by atoms with van der Waals surface area (Å²) in [5, 5.41) is 5.37. The van der Waals surface area contributed by atoms with Crippen LogP contribution in [0.3, 0.4) is 0 Å². The van der Waals surface area contributed by atoms with Crippen molar-refractivity contribution < 1.29 is 4.42 Å². The van der Waals surface area contributed by atoms with Crippen LogP contribution in [-0.2, 0) is 13.0 Å². The molecule has 0 aliphatic rings. The topological polar surface area (TPSA) is 38.1 Å². The van der Waals surface area contributed by atoms with E-state index in [9.17, 15) is 0 Å². The van der Waals surface area contributed by atoms with Crippen LogP contribution in [0.5, 0.6) is 0 Å². The van der Waals surface area contributed by atoms with Gasteiger partial charge in [0.2, 0.25) is 0 Å². The molecule has 0 fully saturated rings. The molecule has 2 rings (SSSR count). The summed E-state index contributed by atoms with van der Waals surface area (Å²) in [5.41, 5.74) is 2.95. The average molecular weight is 287 g/mol. The fraction of sp³-hybridized carbons (Fsp3) is 0.300. The van der Waals surface area contributed by atoms with Gasteiger partial charge in [-0.3, -0.25) is 0 Å². The van der Waals surface area contributed by atoms with Crippen molar-refractivity contribution in [1.29, 1.82) is 0 Å². The van der Waals surface area contributed by atoms with Gasteiger partial charge in [-0.15, -0.1) is 11.3 Å². The van der Waals surface area contributed by atoms with Crippen LogP contribution in [-0.4, -0.2) is 11.5 Å². The molecule has 80 valence electrons. The van der Waals surface area contributed by atoms with E-state index in [0.717, 1.165) is 35.6 Å². The SMILES string of the molecule is Brc1ccc(CCNCc2cscn2)o1. The van der Waals surface area contributed by atoms with Crippen molar-refractivity contribution in [3.05, 3.63) is 39.1 Å². The molecule has 0 aliphatic carbocycles. The molecule has 0 saturated heterocycles. The van der Waals surface area contributed by atoms with Gasteiger partial charge in [-0.05, 0) is 28.1 Å². The molecule has 0 atom stereocenters. The van der Waals surface area contributed by atoms with Crippen LogP contribution in [0.25, 0.3) is 0 Å². The second-order valence-electron chi connectivity index (χ2n) is 3.11. The Hall–Kier alpha value is -0.650. The molecule has 5 heteroatoms. The van der Waals surface area contributed by atoms with Crippen molar-refractivity contribution in [2.45, 2.75) is 13.0 Å². The Morgan fingerprint density at radius 3 is 3.07 bits per heavy atom. The monoisotopic (exact) mass is 286 g/mol. The molecule has 0 radical (unpaired) electrons. The van der Waals surface area contributed by atoms with E-state index in [1.807, 2.05) is 17.6 Å². The molecule has 3 nitrogen and oxygen atoms in total. The van der Waals surface area contributed by atoms with Crippen LogP contribution in [0.1, 0.15) is 11.5 Å². The van der Waals surface area contributed by atoms with E-state index >= 15 is 0 Å². The van der Waals surface area contributed by atoms with E-state index in [2.05, 4.69) is 31.6 Å². The van der Waals surface area contributed by atoms with Crippen molar-refractivity contribution in [2.24, 2.45) is 0 Å². The number of furan rings is 1. The number of hydrogen-bond donors (Lipinski definition) is 1. The smallest absolute Gasteiger partial charge is 0.169 e. The van der Waals surface area contributed by atoms with Gasteiger partial charge in [-0.25, -0.2) is 4.98 Å². The Kier molecular flexibility index (Phi) is 3.94. The number of hydrogen-bond acceptors (Lipinski definition) is 4. The minimum atomic E-state index is 0.789. The zero-order chi connectivity index (χ0) is 10.5. The van der Waals surface area contributed by atoms with Crippen LogP contribution in [0.4, 0.5) is 0 Å². The summed E-state index contributed by atoms with van der Waals surface area (Å²) >= 11 is 4.90. The number of halogens is 1. The lowest BCUT2D eigenvalue weighted by atomic mass is 10.3. The van der Waals surface area contributed by atoms with Crippen molar-refractivity contribution in [3.63, 3.8) is 0 Å². The van der Waals surface area contributed by atoms with Crippen molar-refractivity contribution in [3.8, 4) is 0 Å². The van der Waals surface area contributed by atoms with Gasteiger partial charge >= 0.3 is 0 Å². The van der Waals surface area contributed by atoms with Crippen molar-refractivity contribution >= 4 is 27.3 Å². The van der Waals surface area contributed by atoms with Crippen LogP contribution in [0.2, 0.25) is 0 Å². The van der Waals surface area contributed by atoms with Crippen molar-refractivity contribution in [1.82, 2.24) is 10.3 Å². The lowest BCUT2D eigenvalue weighted by molar-refractivity contribution is 0.479. The molecule has 0 bridgehead atoms. The summed E-state index contributed by atoms with van der Waals surface area (Å²) in [6, 6.07) is 3.89. The Morgan fingerprint density at radius 1 is 1.47 bits per heavy atom. The zero-order valence-electron chi connectivity index (χ0n) is 8.07. The van der Waals surface area contributed by atoms with Gasteiger partial charge in [0.15, 0.2) is 4.67 Å². The number of rotatable bonds is 5. The maximum absolute atomic E-state index is 5.38. The molecule has 0 aliphatic heterocycles. The predicted octanol–water partition coefficient (Wildman–Crippen LogP) is 2.83. The van der Waals surface area contributed by atoms with Crippen LogP contribution in [0, 0.1) is 0 Å². The highest BCUT2D eigenvalue weighted by molar-refractivity contribution is 9.10. The zero-order valence-corrected chi connectivity index (χ0v) is 10.5. The maximum Gasteiger partial charge on any atom is 0.169 e. The largest absolute Gasteiger partial charge is 0.454 e. The Labute approximate surface area is 101 Å². The summed E-state index contributed by atoms with van der Waals surface area (Å²) in [6.07, 6.45) is 0.899. The summed E-state index contributed by atoms with van der Waals surface area (Å²) in [6.45, 7) is 1.73. The number of thiazole rings is 1. The molecular weight excluding hydrogens is 276 g/mol. The summed E-state index contributed by atoms with van der Waals surface area (Å²) in [7, 11) is 0. The Morgan fingerprint density at radius 2 is 2.40 bits per heavy atom. The van der Waals surface area contributed by atoms with E-state index in [1.54, 1.807) is 11.3 Å². The summed E-state index contributed by atoms with van der Waals surface area (Å²) in [5.74, 6) is 0.993. The molecule has 2 heterocycles. The second-order valence-corrected chi connectivity index (χ2v) is 4.61. The van der Waals surface area contributed by atoms with Crippen LogP contribution < -0.4 is 5.32 Å². The molecule has 1 N–H and O–H groups in total. The fourth-order valence-corrected chi connectivity index (χ4v) is 2.14. The normalized spacial score (nSPS) is 10.7. The van der Waals surface area contributed by atoms with Crippen molar-refractivity contribution in [2.75, 3.05) is 6.54 Å². The Balaban J connectivity index is 1.67. The predicted molar refractivity (Wildman–Crippen MR) is 63.9 cm³/mol. The first kappa shape index (κ1) is 10.9. The average Bonchev–Trinajstić information content (AvgIpc) is 2.84. The first-order valence-corrected chi connectivity index (χ1v) is 6.40. The Bertz CT molecular complexity index is 399. The molecule has 15 heavy (non-hydrogen) atoms. The lowest BCUT2D eigenvalue weighted by Crippen LogP contribution is -2.16. The second kappa shape index (κ2) is 5.44. The fourth-order valence-electron chi connectivity index (χ4n) is 1.24. The quantitative estimate of drug-likeness (QED) is 0.859. The molecular formula is C10H11BrN2OS. The third-order valence-electron chi connectivity index (χ3n) is 1.97. The molecule has 0 spiro atoms. The van der Waals surface area contributed by atoms with Gasteiger partial charge < -0.3 is 9.73 Å². The molecule has 0 amide bonds. The van der Waals surface area contributed by atoms with E-state index < -0.39 is 0 Å². The molecule has 0 aromatic carbocycles. The highest BCUT2D eigenvalue weighted by atomic mass is 79.9. The van der Waals surface area contributed by atoms with E-state index in [4.69, 9.17) is 4.42 Å². The van der Waals surface area contributed by atoms with E-state index in [0.29, 0.717) is 0 Å². The van der Waals surface area contributed by atoms with Crippen LogP contribution in [0.15, 0.2) is 32.1 Å². The summed E-state index contributed by atoms with van der Waals surface area (Å²) < 4.78 is 6.17. The van der Waals surface area contributed by atoms with Gasteiger partial charge in [-0.1, -0.05) is 0 Å². The number of aromatic nitrogens is 1. The van der Waals surface area contributed by atoms with Gasteiger partial charge in [0.05, 0.1) is 11.2 Å². The highest BCUT2D eigenvalue weighted by Crippen LogP contribution is 2.13. The molecule has 0 unspecified atom stereocenters. The lowest BCUT2D eigenvalue weighted by Gasteiger charge is -2.00. The molecule has 0 saturated carbocycles. The standard InChI is InChI=1S/C10H11BrN2OS/c11-10-2-1-9(14-10)3-4-12-5-8-6-15-7-13-8/h1-2,6-7,12H,3-5H2. The summed E-state index contributed by atoms with van der Waals surface area (Å²) in [4.78, 5) is 4.19. The number of nitrogens with one attached hydrogen (secondary N) is 1. The number of nitrogens with zero attached hydrogens (tertiary/aromatic N) is 1. The van der Waals surface area contributed by atoms with Crippen LogP contribution >= 0.6 is 27.3 Å². The minimum absolute atomic E-state index is 0.789. The van der Waals surface area contributed by atoms with Gasteiger partial charge in [-0.2, -0.15) is 0 Å². The molecule has 2 aromatic rings. The van der Waals surface area contributed by atoms with Gasteiger partial charge in [0, 0.05) is 24.9 Å². The van der Waals surface area contributed by atoms with E-state index in [-0.39, 0.29) is 0 Å². The van der Waals surface area contributed by atoms with Gasteiger partial charge in [0.1, 0.15) is 5.76 Å². The maximum atomic E-state index is 5.38. The first-order chi connectivity index (χ1) is 7.34. The molecule has 2 aromatic heterocycles. The highest BCUT2D eigenvalue weighted by Gasteiger charge is 1.99.